The van der Waals surface area contributed by atoms with E-state index in [9.17, 15) is 10.2 Å². The number of nitrogens with one attached hydrogen (secondary N) is 1. The maximum Gasteiger partial charge on any atom is 0.157 e. The molecule has 4 atom stereocenters. The second kappa shape index (κ2) is 5.99. The van der Waals surface area contributed by atoms with Crippen molar-refractivity contribution in [3.05, 3.63) is 59.7 Å². The van der Waals surface area contributed by atoms with Gasteiger partial charge >= 0.3 is 0 Å². The minimum Gasteiger partial charge on any atom is -0.504 e. The van der Waals surface area contributed by atoms with E-state index in [1.807, 2.05) is 18.2 Å². The van der Waals surface area contributed by atoms with Crippen LogP contribution >= 0.6 is 0 Å². The third-order valence-corrected chi connectivity index (χ3v) is 4.52. The monoisotopic (exact) mass is 298 g/mol. The van der Waals surface area contributed by atoms with Gasteiger partial charge < -0.3 is 21.3 Å². The molecule has 2 aliphatic carbocycles. The molecular formula is C18H22N2O2. The van der Waals surface area contributed by atoms with Crippen LogP contribution in [0, 0.1) is 5.92 Å². The summed E-state index contributed by atoms with van der Waals surface area (Å²) in [5.74, 6) is 0.0805. The Morgan fingerprint density at radius 3 is 2.86 bits per heavy atom. The smallest absolute Gasteiger partial charge is 0.157 e. The quantitative estimate of drug-likeness (QED) is 0.647. The summed E-state index contributed by atoms with van der Waals surface area (Å²) < 4.78 is 0. The first-order valence-corrected chi connectivity index (χ1v) is 7.64. The molecule has 4 unspecified atom stereocenters. The van der Waals surface area contributed by atoms with Crippen molar-refractivity contribution >= 4 is 0 Å². The maximum atomic E-state index is 9.66. The van der Waals surface area contributed by atoms with E-state index >= 15 is 0 Å². The summed E-state index contributed by atoms with van der Waals surface area (Å²) in [5, 5.41) is 22.7. The molecule has 116 valence electrons. The number of phenols is 2. The van der Waals surface area contributed by atoms with Crippen LogP contribution in [0.4, 0.5) is 0 Å². The van der Waals surface area contributed by atoms with Crippen LogP contribution in [0.3, 0.4) is 0 Å². The number of allylic oxidation sites excluding steroid dienone is 3. The molecule has 0 aliphatic heterocycles. The lowest BCUT2D eigenvalue weighted by Gasteiger charge is -2.37. The van der Waals surface area contributed by atoms with Crippen molar-refractivity contribution in [1.82, 2.24) is 5.32 Å². The summed E-state index contributed by atoms with van der Waals surface area (Å²) in [6.07, 6.45) is 11.4. The molecule has 0 radical (unpaired) electrons. The zero-order valence-electron chi connectivity index (χ0n) is 12.6. The Hall–Kier alpha value is -2.04. The number of benzene rings is 1. The maximum absolute atomic E-state index is 9.66. The molecule has 0 heterocycles. The predicted octanol–water partition coefficient (Wildman–Crippen LogP) is 2.52. The number of hydrogen-bond acceptors (Lipinski definition) is 4. The van der Waals surface area contributed by atoms with Crippen molar-refractivity contribution in [2.45, 2.75) is 31.5 Å². The highest BCUT2D eigenvalue weighted by atomic mass is 16.3. The molecule has 3 rings (SSSR count). The van der Waals surface area contributed by atoms with Crippen molar-refractivity contribution in [2.24, 2.45) is 11.7 Å². The van der Waals surface area contributed by atoms with E-state index in [1.165, 1.54) is 11.6 Å². The molecule has 0 spiro atoms. The van der Waals surface area contributed by atoms with Crippen molar-refractivity contribution in [2.75, 3.05) is 0 Å². The first kappa shape index (κ1) is 14.9. The first-order chi connectivity index (χ1) is 10.6. The second-order valence-corrected chi connectivity index (χ2v) is 6.04. The van der Waals surface area contributed by atoms with E-state index in [1.54, 1.807) is 6.07 Å². The van der Waals surface area contributed by atoms with E-state index < -0.39 is 0 Å². The zero-order chi connectivity index (χ0) is 15.7. The van der Waals surface area contributed by atoms with Crippen LogP contribution in [-0.4, -0.2) is 22.3 Å². The lowest BCUT2D eigenvalue weighted by Crippen LogP contribution is -2.47. The van der Waals surface area contributed by atoms with Gasteiger partial charge in [0, 0.05) is 24.0 Å². The average Bonchev–Trinajstić information content (AvgIpc) is 2.50. The van der Waals surface area contributed by atoms with Crippen molar-refractivity contribution < 1.29 is 10.2 Å². The number of rotatable bonds is 3. The molecule has 0 fully saturated rings. The van der Waals surface area contributed by atoms with Crippen LogP contribution < -0.4 is 11.1 Å². The molecule has 22 heavy (non-hydrogen) atoms. The Morgan fingerprint density at radius 2 is 2.09 bits per heavy atom. The largest absolute Gasteiger partial charge is 0.504 e. The van der Waals surface area contributed by atoms with Gasteiger partial charge in [-0.3, -0.25) is 0 Å². The number of nitrogens with two attached hydrogens (primary N) is 1. The highest BCUT2D eigenvalue weighted by Crippen LogP contribution is 2.33. The summed E-state index contributed by atoms with van der Waals surface area (Å²) in [6.45, 7) is 2.05. The molecule has 4 nitrogen and oxygen atoms in total. The Morgan fingerprint density at radius 1 is 1.27 bits per heavy atom. The molecule has 4 heteroatoms. The van der Waals surface area contributed by atoms with Gasteiger partial charge in [0.1, 0.15) is 0 Å². The van der Waals surface area contributed by atoms with Crippen LogP contribution in [0.5, 0.6) is 11.5 Å². The van der Waals surface area contributed by atoms with E-state index in [0.29, 0.717) is 0 Å². The van der Waals surface area contributed by atoms with Gasteiger partial charge in [-0.1, -0.05) is 36.4 Å². The van der Waals surface area contributed by atoms with Gasteiger partial charge in [-0.05, 0) is 36.6 Å². The van der Waals surface area contributed by atoms with Gasteiger partial charge in [-0.2, -0.15) is 0 Å². The molecule has 0 bridgehead atoms. The molecular weight excluding hydrogens is 276 g/mol. The van der Waals surface area contributed by atoms with Gasteiger partial charge in [0.25, 0.3) is 0 Å². The molecule has 0 saturated heterocycles. The summed E-state index contributed by atoms with van der Waals surface area (Å²) in [7, 11) is 0. The van der Waals surface area contributed by atoms with Crippen LogP contribution in [0.2, 0.25) is 0 Å². The zero-order valence-corrected chi connectivity index (χ0v) is 12.6. The minimum atomic E-state index is -0.0961. The molecule has 0 amide bonds. The highest BCUT2D eigenvalue weighted by molar-refractivity contribution is 5.42. The third kappa shape index (κ3) is 2.80. The molecule has 2 aliphatic rings. The van der Waals surface area contributed by atoms with Crippen molar-refractivity contribution in [1.29, 1.82) is 0 Å². The first-order valence-electron chi connectivity index (χ1n) is 7.64. The summed E-state index contributed by atoms with van der Waals surface area (Å²) in [4.78, 5) is 0. The van der Waals surface area contributed by atoms with Crippen LogP contribution in [-0.2, 0) is 0 Å². The van der Waals surface area contributed by atoms with Crippen molar-refractivity contribution in [3.8, 4) is 11.5 Å². The number of hydrogen-bond donors (Lipinski definition) is 4. The fourth-order valence-corrected chi connectivity index (χ4v) is 3.31. The van der Waals surface area contributed by atoms with E-state index in [-0.39, 0.29) is 35.5 Å². The molecule has 1 aromatic carbocycles. The normalized spacial score (nSPS) is 28.1. The summed E-state index contributed by atoms with van der Waals surface area (Å²) in [5.41, 5.74) is 8.47. The third-order valence-electron chi connectivity index (χ3n) is 4.52. The lowest BCUT2D eigenvalue weighted by molar-refractivity contribution is 0.335. The Bertz CT molecular complexity index is 648. The lowest BCUT2D eigenvalue weighted by atomic mass is 9.77. The van der Waals surface area contributed by atoms with Gasteiger partial charge in [-0.25, -0.2) is 0 Å². The summed E-state index contributed by atoms with van der Waals surface area (Å²) in [6, 6.07) is 5.27. The van der Waals surface area contributed by atoms with Gasteiger partial charge in [-0.15, -0.1) is 0 Å². The number of phenolic OH excluding ortho intramolecular Hbond substituents is 2. The Kier molecular flexibility index (Phi) is 4.05. The van der Waals surface area contributed by atoms with E-state index in [4.69, 9.17) is 5.73 Å². The Balaban J connectivity index is 1.77. The Labute approximate surface area is 130 Å². The molecule has 0 saturated carbocycles. The number of aromatic hydroxyl groups is 2. The van der Waals surface area contributed by atoms with Crippen LogP contribution in [0.1, 0.15) is 24.9 Å². The van der Waals surface area contributed by atoms with Gasteiger partial charge in [0.15, 0.2) is 11.5 Å². The van der Waals surface area contributed by atoms with E-state index in [0.717, 1.165) is 12.0 Å². The fraction of sp³-hybridized carbons (Fsp3) is 0.333. The van der Waals surface area contributed by atoms with Crippen LogP contribution in [0.15, 0.2) is 54.2 Å². The second-order valence-electron chi connectivity index (χ2n) is 6.04. The molecule has 0 aromatic heterocycles. The average molecular weight is 298 g/mol. The number of fused-ring (bicyclic) bond motifs is 1. The highest BCUT2D eigenvalue weighted by Gasteiger charge is 2.32. The molecule has 1 aromatic rings. The van der Waals surface area contributed by atoms with Crippen LogP contribution in [0.25, 0.3) is 0 Å². The molecule has 5 N–H and O–H groups in total. The fourth-order valence-electron chi connectivity index (χ4n) is 3.31. The SMILES string of the molecule is CC(NC1CC=CC2=CC=CC(N)C21)c1ccc(O)c(O)c1. The topological polar surface area (TPSA) is 78.5 Å². The van der Waals surface area contributed by atoms with Gasteiger partial charge in [0.05, 0.1) is 0 Å². The minimum absolute atomic E-state index is 0.0165. The van der Waals surface area contributed by atoms with E-state index in [2.05, 4.69) is 30.5 Å². The van der Waals surface area contributed by atoms with Crippen molar-refractivity contribution in [3.63, 3.8) is 0 Å². The van der Waals surface area contributed by atoms with Gasteiger partial charge in [0.2, 0.25) is 0 Å². The predicted molar refractivity (Wildman–Crippen MR) is 87.6 cm³/mol. The standard InChI is InChI=1S/C18H22N2O2/c1-11(13-8-9-16(21)17(22)10-13)20-15-7-3-5-12-4-2-6-14(19)18(12)15/h2-6,8-11,14-15,18,20-22H,7,19H2,1H3. The summed E-state index contributed by atoms with van der Waals surface area (Å²) >= 11 is 0.